The quantitative estimate of drug-likeness (QED) is 0.786. The van der Waals surface area contributed by atoms with Crippen LogP contribution in [-0.4, -0.2) is 29.4 Å². The van der Waals surface area contributed by atoms with Gasteiger partial charge >= 0.3 is 0 Å². The minimum atomic E-state index is 0.295. The van der Waals surface area contributed by atoms with Gasteiger partial charge in [-0.25, -0.2) is 4.98 Å². The van der Waals surface area contributed by atoms with Gasteiger partial charge in [0.05, 0.1) is 11.0 Å². The predicted molar refractivity (Wildman–Crippen MR) is 92.4 cm³/mol. The molecule has 2 aliphatic rings. The molecule has 0 saturated carbocycles. The van der Waals surface area contributed by atoms with Gasteiger partial charge in [-0.2, -0.15) is 0 Å². The maximum absolute atomic E-state index is 5.55. The molecule has 0 spiro atoms. The number of hydrogen-bond acceptors (Lipinski definition) is 4. The molecule has 1 N–H and O–H groups in total. The van der Waals surface area contributed by atoms with Gasteiger partial charge in [-0.3, -0.25) is 0 Å². The molecule has 0 unspecified atom stereocenters. The van der Waals surface area contributed by atoms with Crippen molar-refractivity contribution >= 4 is 11.0 Å². The van der Waals surface area contributed by atoms with Crippen molar-refractivity contribution in [2.24, 2.45) is 0 Å². The Labute approximate surface area is 140 Å². The highest BCUT2D eigenvalue weighted by molar-refractivity contribution is 5.81. The number of nitrogens with zero attached hydrogens (tertiary/aromatic N) is 2. The minimum absolute atomic E-state index is 0.295. The summed E-state index contributed by atoms with van der Waals surface area (Å²) >= 11 is 0. The fourth-order valence-corrected chi connectivity index (χ4v) is 3.72. The van der Waals surface area contributed by atoms with Gasteiger partial charge in [0.15, 0.2) is 11.5 Å². The van der Waals surface area contributed by atoms with Crippen LogP contribution in [0.25, 0.3) is 22.4 Å². The van der Waals surface area contributed by atoms with Gasteiger partial charge in [0, 0.05) is 11.6 Å². The van der Waals surface area contributed by atoms with Crippen molar-refractivity contribution in [3.8, 4) is 22.9 Å². The number of imidazole rings is 1. The maximum Gasteiger partial charge on any atom is 0.231 e. The van der Waals surface area contributed by atoms with E-state index in [2.05, 4.69) is 34.1 Å². The van der Waals surface area contributed by atoms with Crippen LogP contribution in [0.4, 0.5) is 0 Å². The molecule has 0 bridgehead atoms. The zero-order valence-corrected chi connectivity index (χ0v) is 13.4. The molecule has 5 heteroatoms. The third kappa shape index (κ3) is 2.16. The number of hydrogen-bond donors (Lipinski definition) is 1. The number of piperidine rings is 1. The monoisotopic (exact) mass is 321 g/mol. The molecule has 1 saturated heterocycles. The molecule has 5 nitrogen and oxygen atoms in total. The number of nitrogens with one attached hydrogen (secondary N) is 1. The lowest BCUT2D eigenvalue weighted by Gasteiger charge is -2.26. The van der Waals surface area contributed by atoms with Crippen LogP contribution in [-0.2, 0) is 0 Å². The van der Waals surface area contributed by atoms with Gasteiger partial charge in [-0.15, -0.1) is 0 Å². The van der Waals surface area contributed by atoms with Gasteiger partial charge < -0.3 is 19.4 Å². The molecule has 5 rings (SSSR count). The van der Waals surface area contributed by atoms with Crippen LogP contribution in [0.15, 0.2) is 42.5 Å². The van der Waals surface area contributed by atoms with Crippen LogP contribution in [0.1, 0.15) is 18.9 Å². The zero-order chi connectivity index (χ0) is 15.9. The zero-order valence-electron chi connectivity index (χ0n) is 13.4. The summed E-state index contributed by atoms with van der Waals surface area (Å²) in [6, 6.07) is 15.0. The van der Waals surface area contributed by atoms with E-state index in [4.69, 9.17) is 14.5 Å². The lowest BCUT2D eigenvalue weighted by Crippen LogP contribution is -2.29. The normalized spacial score (nSPS) is 17.5. The maximum atomic E-state index is 5.55. The van der Waals surface area contributed by atoms with Crippen LogP contribution >= 0.6 is 0 Å². The largest absolute Gasteiger partial charge is 0.454 e. The van der Waals surface area contributed by atoms with Crippen LogP contribution in [0.3, 0.4) is 0 Å². The Morgan fingerprint density at radius 3 is 2.75 bits per heavy atom. The van der Waals surface area contributed by atoms with E-state index in [-0.39, 0.29) is 0 Å². The molecule has 0 aliphatic carbocycles. The molecule has 0 atom stereocenters. The molecule has 0 amide bonds. The Morgan fingerprint density at radius 2 is 1.83 bits per heavy atom. The Kier molecular flexibility index (Phi) is 3.19. The molecule has 1 aromatic heterocycles. The summed E-state index contributed by atoms with van der Waals surface area (Å²) in [7, 11) is 0. The highest BCUT2D eigenvalue weighted by Gasteiger charge is 2.23. The first kappa shape index (κ1) is 13.9. The average molecular weight is 321 g/mol. The molecule has 0 radical (unpaired) electrons. The number of rotatable bonds is 2. The minimum Gasteiger partial charge on any atom is -0.454 e. The first-order chi connectivity index (χ1) is 11.9. The standard InChI is InChI=1S/C19H19N3O2/c1-2-4-16-15(3-1)21-19(22(16)14-7-9-20-10-8-14)13-5-6-17-18(11-13)24-12-23-17/h1-6,11,14,20H,7-10,12H2. The Bertz CT molecular complexity index is 897. The van der Waals surface area contributed by atoms with Crippen LogP contribution in [0.5, 0.6) is 11.5 Å². The second kappa shape index (κ2) is 5.53. The van der Waals surface area contributed by atoms with Crippen LogP contribution in [0.2, 0.25) is 0 Å². The van der Waals surface area contributed by atoms with E-state index in [1.54, 1.807) is 0 Å². The summed E-state index contributed by atoms with van der Waals surface area (Å²) in [6.45, 7) is 2.40. The van der Waals surface area contributed by atoms with Gasteiger partial charge in [-0.1, -0.05) is 12.1 Å². The molecular formula is C19H19N3O2. The molecule has 3 heterocycles. The van der Waals surface area contributed by atoms with E-state index < -0.39 is 0 Å². The molecular weight excluding hydrogens is 302 g/mol. The topological polar surface area (TPSA) is 48.3 Å². The summed E-state index contributed by atoms with van der Waals surface area (Å²) in [6.07, 6.45) is 2.25. The second-order valence-electron chi connectivity index (χ2n) is 6.34. The summed E-state index contributed by atoms with van der Waals surface area (Å²) in [5.41, 5.74) is 3.33. The number of ether oxygens (including phenoxy) is 2. The molecule has 1 fully saturated rings. The molecule has 122 valence electrons. The van der Waals surface area contributed by atoms with Gasteiger partial charge in [0.1, 0.15) is 5.82 Å². The lowest BCUT2D eigenvalue weighted by molar-refractivity contribution is 0.174. The third-order valence-electron chi connectivity index (χ3n) is 4.90. The third-order valence-corrected chi connectivity index (χ3v) is 4.90. The summed E-state index contributed by atoms with van der Waals surface area (Å²) in [5, 5.41) is 3.45. The van der Waals surface area contributed by atoms with E-state index in [1.807, 2.05) is 18.2 Å². The fraction of sp³-hybridized carbons (Fsp3) is 0.316. The Balaban J connectivity index is 1.69. The molecule has 2 aromatic carbocycles. The van der Waals surface area contributed by atoms with Gasteiger partial charge in [0.25, 0.3) is 0 Å². The highest BCUT2D eigenvalue weighted by atomic mass is 16.7. The fourth-order valence-electron chi connectivity index (χ4n) is 3.72. The Hall–Kier alpha value is -2.53. The van der Waals surface area contributed by atoms with Crippen molar-refractivity contribution in [1.82, 2.24) is 14.9 Å². The number of benzene rings is 2. The summed E-state index contributed by atoms with van der Waals surface area (Å²) in [5.74, 6) is 2.63. The first-order valence-electron chi connectivity index (χ1n) is 8.48. The Morgan fingerprint density at radius 1 is 1.00 bits per heavy atom. The number of aromatic nitrogens is 2. The van der Waals surface area contributed by atoms with Crippen molar-refractivity contribution in [2.75, 3.05) is 19.9 Å². The van der Waals surface area contributed by atoms with E-state index in [0.717, 1.165) is 54.3 Å². The second-order valence-corrected chi connectivity index (χ2v) is 6.34. The smallest absolute Gasteiger partial charge is 0.231 e. The van der Waals surface area contributed by atoms with Crippen molar-refractivity contribution in [1.29, 1.82) is 0 Å². The average Bonchev–Trinajstić information content (AvgIpc) is 3.26. The highest BCUT2D eigenvalue weighted by Crippen LogP contribution is 2.38. The molecule has 24 heavy (non-hydrogen) atoms. The SMILES string of the molecule is c1ccc2c(c1)nc(-c1ccc3c(c1)OCO3)n2C1CCNCC1. The van der Waals surface area contributed by atoms with E-state index >= 15 is 0 Å². The van der Waals surface area contributed by atoms with Crippen molar-refractivity contribution in [3.05, 3.63) is 42.5 Å². The van der Waals surface area contributed by atoms with Crippen LogP contribution < -0.4 is 14.8 Å². The number of fused-ring (bicyclic) bond motifs is 2. The molecule has 2 aliphatic heterocycles. The first-order valence-corrected chi connectivity index (χ1v) is 8.48. The number of para-hydroxylation sites is 2. The van der Waals surface area contributed by atoms with E-state index in [9.17, 15) is 0 Å². The van der Waals surface area contributed by atoms with Gasteiger partial charge in [-0.05, 0) is 56.3 Å². The summed E-state index contributed by atoms with van der Waals surface area (Å²) < 4.78 is 13.4. The van der Waals surface area contributed by atoms with Crippen molar-refractivity contribution in [2.45, 2.75) is 18.9 Å². The van der Waals surface area contributed by atoms with E-state index in [0.29, 0.717) is 12.8 Å². The molecule has 3 aromatic rings. The van der Waals surface area contributed by atoms with E-state index in [1.165, 1.54) is 5.52 Å². The van der Waals surface area contributed by atoms with Crippen molar-refractivity contribution in [3.63, 3.8) is 0 Å². The lowest BCUT2D eigenvalue weighted by atomic mass is 10.1. The van der Waals surface area contributed by atoms with Crippen molar-refractivity contribution < 1.29 is 9.47 Å². The predicted octanol–water partition coefficient (Wildman–Crippen LogP) is 3.36. The summed E-state index contributed by atoms with van der Waals surface area (Å²) in [4.78, 5) is 4.93. The van der Waals surface area contributed by atoms with Crippen LogP contribution in [0, 0.1) is 0 Å². The van der Waals surface area contributed by atoms with Gasteiger partial charge in [0.2, 0.25) is 6.79 Å².